The number of hydrogen-bond acceptors (Lipinski definition) is 10. The van der Waals surface area contributed by atoms with Crippen LogP contribution in [0.3, 0.4) is 0 Å². The van der Waals surface area contributed by atoms with E-state index in [1.165, 1.54) is 68.2 Å². The van der Waals surface area contributed by atoms with Crippen LogP contribution in [0.4, 0.5) is 0 Å². The first kappa shape index (κ1) is 43.8. The molecule has 0 radical (unpaired) electrons. The van der Waals surface area contributed by atoms with Gasteiger partial charge in [-0.1, -0.05) is 120 Å². The summed E-state index contributed by atoms with van der Waals surface area (Å²) in [5.41, 5.74) is 2.35. The van der Waals surface area contributed by atoms with Gasteiger partial charge in [-0.3, -0.25) is 9.59 Å². The Morgan fingerprint density at radius 3 is 1.40 bits per heavy atom. The van der Waals surface area contributed by atoms with Gasteiger partial charge in [0.15, 0.2) is 33.9 Å². The molecule has 62 heavy (non-hydrogen) atoms. The second-order valence-electron chi connectivity index (χ2n) is 19.6. The lowest BCUT2D eigenvalue weighted by Crippen LogP contribution is -2.18. The molecule has 3 aromatic carbocycles. The Morgan fingerprint density at radius 1 is 0.452 bits per heavy atom. The molecule has 0 bridgehead atoms. The summed E-state index contributed by atoms with van der Waals surface area (Å²) in [4.78, 5) is 36.3. The third-order valence-corrected chi connectivity index (χ3v) is 18.8. The van der Waals surface area contributed by atoms with Gasteiger partial charge in [0.1, 0.15) is 26.4 Å². The zero-order valence-corrected chi connectivity index (χ0v) is 41.2. The van der Waals surface area contributed by atoms with Crippen molar-refractivity contribution in [2.24, 2.45) is 0 Å². The molecular weight excluding hydrogens is 849 g/mol. The Hall–Kier alpha value is -3.44. The molecule has 4 aromatic heterocycles. The molecule has 0 aliphatic carbocycles. The number of ether oxygens (including phenoxy) is 4. The van der Waals surface area contributed by atoms with Crippen LogP contribution >= 0.6 is 45.3 Å². The van der Waals surface area contributed by atoms with Crippen molar-refractivity contribution < 1.29 is 18.9 Å². The van der Waals surface area contributed by atoms with Crippen LogP contribution < -0.4 is 29.8 Å². The minimum Gasteiger partial charge on any atom is -0.485 e. The molecule has 0 fully saturated rings. The van der Waals surface area contributed by atoms with Gasteiger partial charge in [-0.05, 0) is 54.4 Å². The van der Waals surface area contributed by atoms with E-state index < -0.39 is 0 Å². The first-order valence-electron chi connectivity index (χ1n) is 23.3. The van der Waals surface area contributed by atoms with Crippen molar-refractivity contribution in [3.8, 4) is 42.5 Å². The number of thiophene rings is 4. The molecule has 0 saturated heterocycles. The summed E-state index contributed by atoms with van der Waals surface area (Å²) in [6.45, 7) is 19.9. The number of aryl methyl sites for hydroxylation is 2. The lowest BCUT2D eigenvalue weighted by molar-refractivity contribution is 0.170. The molecule has 330 valence electrons. The van der Waals surface area contributed by atoms with Crippen molar-refractivity contribution in [2.45, 2.75) is 156 Å². The molecule has 9 rings (SSSR count). The monoisotopic (exact) mass is 910 g/mol. The van der Waals surface area contributed by atoms with Crippen LogP contribution in [0, 0.1) is 0 Å². The van der Waals surface area contributed by atoms with E-state index in [0.29, 0.717) is 26.4 Å². The van der Waals surface area contributed by atoms with E-state index in [1.54, 1.807) is 45.3 Å². The molecule has 2 aliphatic heterocycles. The van der Waals surface area contributed by atoms with Gasteiger partial charge in [-0.15, -0.1) is 45.3 Å². The third kappa shape index (κ3) is 7.70. The Morgan fingerprint density at radius 2 is 0.871 bits per heavy atom. The molecule has 0 spiro atoms. The van der Waals surface area contributed by atoms with E-state index in [0.717, 1.165) is 127 Å². The minimum atomic E-state index is -0.131. The van der Waals surface area contributed by atoms with Gasteiger partial charge < -0.3 is 18.9 Å². The topological polar surface area (TPSA) is 71.1 Å². The second-order valence-corrected chi connectivity index (χ2v) is 23.7. The van der Waals surface area contributed by atoms with E-state index in [9.17, 15) is 4.79 Å². The van der Waals surface area contributed by atoms with Crippen molar-refractivity contribution in [3.05, 3.63) is 53.5 Å². The van der Waals surface area contributed by atoms with Gasteiger partial charge in [-0.2, -0.15) is 0 Å². The van der Waals surface area contributed by atoms with Crippen LogP contribution in [0.2, 0.25) is 0 Å². The van der Waals surface area contributed by atoms with Crippen LogP contribution in [0.5, 0.6) is 23.0 Å². The number of rotatable bonds is 16. The van der Waals surface area contributed by atoms with Crippen molar-refractivity contribution in [3.63, 3.8) is 0 Å². The highest BCUT2D eigenvalue weighted by atomic mass is 32.1. The van der Waals surface area contributed by atoms with Crippen LogP contribution in [-0.2, 0) is 23.7 Å². The average Bonchev–Trinajstić information content (AvgIpc) is 4.08. The predicted octanol–water partition coefficient (Wildman–Crippen LogP) is 15.4. The van der Waals surface area contributed by atoms with Gasteiger partial charge in [0, 0.05) is 52.0 Å². The smallest absolute Gasteiger partial charge is 0.195 e. The standard InChI is InChI=1S/C52H62O6S4/c1-9-11-13-15-17-19-21-29-35-37(53)31-28-34-32(38(54)36-30(22-20-18-16-14-12-10-2)49(51(3,4)5)61-44(34)36)27-33(31)43(35)59-45(29)46-39-40(56-24-23-55-39)47(60-46)48-41-42(58-26-25-57-41)50(62-48)52(6,7)8/h27-28H,9-26H2,1-8H3. The minimum absolute atomic E-state index is 0.0698. The molecule has 10 heteroatoms. The molecule has 2 aliphatic rings. The van der Waals surface area contributed by atoms with Crippen molar-refractivity contribution in [1.82, 2.24) is 0 Å². The Balaban J connectivity index is 1.20. The summed E-state index contributed by atoms with van der Waals surface area (Å²) in [7, 11) is 0. The van der Waals surface area contributed by atoms with Gasteiger partial charge in [0.05, 0.1) is 24.4 Å². The first-order chi connectivity index (χ1) is 29.8. The highest BCUT2D eigenvalue weighted by molar-refractivity contribution is 7.30. The molecule has 0 amide bonds. The molecule has 6 nitrogen and oxygen atoms in total. The zero-order chi connectivity index (χ0) is 43.5. The molecular formula is C52H62O6S4. The molecule has 0 N–H and O–H groups in total. The largest absolute Gasteiger partial charge is 0.485 e. The maximum absolute atomic E-state index is 15.0. The normalized spacial score (nSPS) is 14.5. The molecule has 6 heterocycles. The van der Waals surface area contributed by atoms with Crippen LogP contribution in [0.15, 0.2) is 21.7 Å². The fourth-order valence-corrected chi connectivity index (χ4v) is 15.2. The summed E-state index contributed by atoms with van der Waals surface area (Å²) >= 11 is 6.88. The van der Waals surface area contributed by atoms with Gasteiger partial charge in [0.2, 0.25) is 0 Å². The van der Waals surface area contributed by atoms with E-state index in [1.807, 2.05) is 0 Å². The number of fused-ring (bicyclic) bond motifs is 8. The highest BCUT2D eigenvalue weighted by Gasteiger charge is 2.37. The fourth-order valence-electron chi connectivity index (χ4n) is 9.68. The summed E-state index contributed by atoms with van der Waals surface area (Å²) in [6, 6.07) is 4.15. The first-order valence-corrected chi connectivity index (χ1v) is 26.6. The Bertz CT molecular complexity index is 2860. The van der Waals surface area contributed by atoms with Gasteiger partial charge in [0.25, 0.3) is 0 Å². The predicted molar refractivity (Wildman–Crippen MR) is 267 cm³/mol. The lowest BCUT2D eigenvalue weighted by Gasteiger charge is -2.22. The maximum atomic E-state index is 15.0. The highest BCUT2D eigenvalue weighted by Crippen LogP contribution is 2.62. The van der Waals surface area contributed by atoms with Gasteiger partial charge >= 0.3 is 0 Å². The molecule has 0 atom stereocenters. The van der Waals surface area contributed by atoms with Crippen LogP contribution in [-0.4, -0.2) is 26.4 Å². The molecule has 0 saturated carbocycles. The Labute approximate surface area is 382 Å². The fraction of sp³-hybridized carbons (Fsp3) is 0.538. The summed E-state index contributed by atoms with van der Waals surface area (Å²) < 4.78 is 27.7. The summed E-state index contributed by atoms with van der Waals surface area (Å²) in [5.74, 6) is 3.13. The third-order valence-electron chi connectivity index (χ3n) is 12.7. The van der Waals surface area contributed by atoms with E-state index in [2.05, 4.69) is 67.5 Å². The summed E-state index contributed by atoms with van der Waals surface area (Å²) in [5, 5.41) is 5.03. The second kappa shape index (κ2) is 17.5. The van der Waals surface area contributed by atoms with Crippen molar-refractivity contribution in [2.75, 3.05) is 26.4 Å². The van der Waals surface area contributed by atoms with E-state index in [-0.39, 0.29) is 21.7 Å². The number of hydrogen-bond donors (Lipinski definition) is 0. The van der Waals surface area contributed by atoms with E-state index >= 15 is 4.79 Å². The lowest BCUT2D eigenvalue weighted by atomic mass is 9.89. The maximum Gasteiger partial charge on any atom is 0.195 e. The van der Waals surface area contributed by atoms with Gasteiger partial charge in [-0.25, -0.2) is 0 Å². The SMILES string of the molecule is CCCCCCCCc1c(-c2sc(-c3sc(C(C)(C)C)c4c3OCCO4)c3c2OCCO3)sc2c1c(=O)c1cc3c(cc12)c(=O)c1c(CCCCCCCC)c(C(C)(C)C)sc13. The van der Waals surface area contributed by atoms with Crippen LogP contribution in [0.25, 0.3) is 61.2 Å². The van der Waals surface area contributed by atoms with Crippen molar-refractivity contribution >= 4 is 87.1 Å². The van der Waals surface area contributed by atoms with Crippen LogP contribution in [0.1, 0.15) is 153 Å². The summed E-state index contributed by atoms with van der Waals surface area (Å²) in [6.07, 6.45) is 16.1. The average molecular weight is 911 g/mol. The molecule has 7 aromatic rings. The number of benzene rings is 1. The number of unbranched alkanes of at least 4 members (excludes halogenated alkanes) is 10. The van der Waals surface area contributed by atoms with E-state index in [4.69, 9.17) is 18.9 Å². The van der Waals surface area contributed by atoms with Crippen molar-refractivity contribution in [1.29, 1.82) is 0 Å². The zero-order valence-electron chi connectivity index (χ0n) is 38.0. The quantitative estimate of drug-likeness (QED) is 0.0900. The Kier molecular flexibility index (Phi) is 12.4. The molecule has 0 unspecified atom stereocenters.